The van der Waals surface area contributed by atoms with Crippen LogP contribution in [0.5, 0.6) is 0 Å². The Morgan fingerprint density at radius 1 is 1.03 bits per heavy atom. The lowest BCUT2D eigenvalue weighted by atomic mass is 10.3. The van der Waals surface area contributed by atoms with Crippen molar-refractivity contribution in [1.82, 2.24) is 0 Å². The van der Waals surface area contributed by atoms with E-state index in [9.17, 15) is 27.1 Å². The van der Waals surface area contributed by atoms with Crippen molar-refractivity contribution >= 4 is 46.6 Å². The quantitative estimate of drug-likeness (QED) is 0.0924. The zero-order chi connectivity index (χ0) is 22.8. The summed E-state index contributed by atoms with van der Waals surface area (Å²) >= 11 is 0. The Morgan fingerprint density at radius 2 is 1.55 bits per heavy atom. The van der Waals surface area contributed by atoms with Crippen molar-refractivity contribution in [2.75, 3.05) is 18.6 Å². The first-order chi connectivity index (χ1) is 13.5. The Morgan fingerprint density at radius 3 is 1.97 bits per heavy atom. The first-order valence-corrected chi connectivity index (χ1v) is 9.03. The highest BCUT2D eigenvalue weighted by Crippen LogP contribution is 2.10. The molecule has 0 fully saturated rings. The van der Waals surface area contributed by atoms with E-state index in [4.69, 9.17) is 20.1 Å². The standard InChI is InChI=1S/C9H13BFO3S.CHB2F2O5.BFH2O2/c1-15(8-7-13-14-10(11)12)9-5-3-2-4-6-9;4-2(7)9-1(6)10-3(5)8;2-1(3)4/h2-6,12H,7-8H2,1H3;7H;3-4H/q+1;-1;. The first-order valence-electron chi connectivity index (χ1n) is 7.23. The minimum absolute atomic E-state index is 0.0428. The van der Waals surface area contributed by atoms with Gasteiger partial charge in [0.25, 0.3) is 0 Å². The highest BCUT2D eigenvalue weighted by molar-refractivity contribution is 7.96. The van der Waals surface area contributed by atoms with E-state index in [1.807, 2.05) is 30.3 Å². The summed E-state index contributed by atoms with van der Waals surface area (Å²) in [6, 6.07) is 9.98. The molecular weight excluding hydrogens is 431 g/mol. The zero-order valence-corrected chi connectivity index (χ0v) is 15.6. The van der Waals surface area contributed by atoms with E-state index in [-0.39, 0.29) is 17.5 Å². The van der Waals surface area contributed by atoms with E-state index >= 15 is 0 Å². The van der Waals surface area contributed by atoms with Crippen molar-refractivity contribution < 1.29 is 66.2 Å². The monoisotopic (exact) mass is 448 g/mol. The molecule has 1 aromatic carbocycles. The van der Waals surface area contributed by atoms with Crippen LogP contribution in [0.4, 0.5) is 22.1 Å². The first kappa shape index (κ1) is 29.7. The molecule has 0 saturated carbocycles. The molecule has 19 heteroatoms. The summed E-state index contributed by atoms with van der Waals surface area (Å²) in [5.74, 6) is 0.733. The van der Waals surface area contributed by atoms with E-state index in [2.05, 4.69) is 25.3 Å². The predicted octanol–water partition coefficient (Wildman–Crippen LogP) is -1.49. The third kappa shape index (κ3) is 24.5. The number of carbonyl (C=O) groups excluding carboxylic acids is 1. The van der Waals surface area contributed by atoms with E-state index in [1.165, 1.54) is 4.90 Å². The number of hydrogen-bond donors (Lipinski definition) is 4. The summed E-state index contributed by atoms with van der Waals surface area (Å²) in [5.41, 5.74) is 0. The second kappa shape index (κ2) is 18.6. The Balaban J connectivity index is 0. The molecule has 1 aromatic rings. The molecule has 0 spiro atoms. The van der Waals surface area contributed by atoms with Gasteiger partial charge in [0.05, 0.1) is 0 Å². The maximum atomic E-state index is 11.8. The smallest absolute Gasteiger partial charge is 0.756 e. The van der Waals surface area contributed by atoms with Crippen molar-refractivity contribution in [2.45, 2.75) is 4.90 Å². The van der Waals surface area contributed by atoms with Crippen LogP contribution in [-0.4, -0.2) is 74.4 Å². The zero-order valence-electron chi connectivity index (χ0n) is 14.8. The molecule has 1 atom stereocenters. The molecule has 0 aliphatic heterocycles. The number of hydrogen-bond acceptors (Lipinski definition) is 10. The van der Waals surface area contributed by atoms with Crippen LogP contribution in [0.25, 0.3) is 0 Å². The van der Waals surface area contributed by atoms with Crippen LogP contribution >= 0.6 is 0 Å². The number of carbonyl (C=O) groups is 1. The fraction of sp³-hybridized carbons (Fsp3) is 0.300. The third-order valence-corrected chi connectivity index (χ3v) is 4.00. The number of benzene rings is 1. The Labute approximate surface area is 167 Å². The van der Waals surface area contributed by atoms with Crippen molar-refractivity contribution in [3.8, 4) is 0 Å². The highest BCUT2D eigenvalue weighted by atomic mass is 32.2. The van der Waals surface area contributed by atoms with Gasteiger partial charge in [-0.15, -0.1) is 0 Å². The molecule has 10 nitrogen and oxygen atoms in total. The second-order valence-corrected chi connectivity index (χ2v) is 6.38. The summed E-state index contributed by atoms with van der Waals surface area (Å²) in [7, 11) is -11.0. The molecule has 4 N–H and O–H groups in total. The van der Waals surface area contributed by atoms with Gasteiger partial charge < -0.3 is 34.4 Å². The predicted molar refractivity (Wildman–Crippen MR) is 93.8 cm³/mol. The largest absolute Gasteiger partial charge is 0.816 e. The topological polar surface area (TPSA) is 158 Å². The molecule has 0 aromatic heterocycles. The van der Waals surface area contributed by atoms with Gasteiger partial charge >= 0.3 is 35.7 Å². The SMILES string of the molecule is C[S+](CCOOB(O)F)c1ccccc1.O=C(OB([O-])F)OB(O)F.OB(O)F. The lowest BCUT2D eigenvalue weighted by Gasteiger charge is -2.08. The number of rotatable bonds is 8. The van der Waals surface area contributed by atoms with Crippen LogP contribution in [-0.2, 0) is 29.9 Å². The van der Waals surface area contributed by atoms with Crippen LogP contribution in [0.3, 0.4) is 0 Å². The molecule has 0 radical (unpaired) electrons. The van der Waals surface area contributed by atoms with Gasteiger partial charge in [-0.2, -0.15) is 0 Å². The highest BCUT2D eigenvalue weighted by Gasteiger charge is 2.20. The van der Waals surface area contributed by atoms with Gasteiger partial charge in [0.2, 0.25) is 0 Å². The van der Waals surface area contributed by atoms with Crippen molar-refractivity contribution in [2.24, 2.45) is 0 Å². The summed E-state index contributed by atoms with van der Waals surface area (Å²) in [5, 5.41) is 39.0. The van der Waals surface area contributed by atoms with E-state index in [0.29, 0.717) is 0 Å². The van der Waals surface area contributed by atoms with Crippen molar-refractivity contribution in [3.05, 3.63) is 30.3 Å². The van der Waals surface area contributed by atoms with E-state index in [0.717, 1.165) is 5.75 Å². The Hall–Kier alpha value is -1.46. The fourth-order valence-electron chi connectivity index (χ4n) is 1.22. The molecule has 0 heterocycles. The molecule has 0 amide bonds. The Bertz CT molecular complexity index is 508. The van der Waals surface area contributed by atoms with Gasteiger partial charge in [0, 0.05) is 10.9 Å². The summed E-state index contributed by atoms with van der Waals surface area (Å²) in [6.45, 7) is 0.259. The van der Waals surface area contributed by atoms with Gasteiger partial charge in [-0.25, -0.2) is 18.8 Å². The van der Waals surface area contributed by atoms with Crippen LogP contribution in [0, 0.1) is 0 Å². The van der Waals surface area contributed by atoms with Gasteiger partial charge in [-0.3, -0.25) is 12.9 Å². The average Bonchev–Trinajstić information content (AvgIpc) is 2.57. The van der Waals surface area contributed by atoms with E-state index in [1.54, 1.807) is 0 Å². The normalized spacial score (nSPS) is 10.3. The lowest BCUT2D eigenvalue weighted by Crippen LogP contribution is -2.33. The Kier molecular flexibility index (Phi) is 19.0. The molecule has 0 aliphatic rings. The minimum Gasteiger partial charge on any atom is -0.816 e. The third-order valence-electron chi connectivity index (χ3n) is 2.15. The molecule has 0 saturated heterocycles. The van der Waals surface area contributed by atoms with Crippen LogP contribution < -0.4 is 5.02 Å². The van der Waals surface area contributed by atoms with Crippen LogP contribution in [0.15, 0.2) is 35.2 Å². The maximum absolute atomic E-state index is 11.8. The number of halogens is 4. The van der Waals surface area contributed by atoms with E-state index < -0.39 is 35.7 Å². The second-order valence-electron chi connectivity index (χ2n) is 4.23. The van der Waals surface area contributed by atoms with Gasteiger partial charge in [-0.05, 0) is 12.1 Å². The lowest BCUT2D eigenvalue weighted by molar-refractivity contribution is -0.233. The molecule has 1 unspecified atom stereocenters. The molecular formula is C10H16B4F4O10S. The minimum atomic E-state index is -3.13. The average molecular weight is 448 g/mol. The molecule has 0 bridgehead atoms. The molecule has 162 valence electrons. The fourth-order valence-corrected chi connectivity index (χ4v) is 2.39. The van der Waals surface area contributed by atoms with Crippen LogP contribution in [0.1, 0.15) is 0 Å². The molecule has 0 aliphatic carbocycles. The summed E-state index contributed by atoms with van der Waals surface area (Å²) in [6.07, 6.45) is 0.169. The van der Waals surface area contributed by atoms with Gasteiger partial charge in [-0.1, -0.05) is 18.2 Å². The van der Waals surface area contributed by atoms with Crippen LogP contribution in [0.2, 0.25) is 0 Å². The van der Waals surface area contributed by atoms with Gasteiger partial charge in [0.15, 0.2) is 4.90 Å². The van der Waals surface area contributed by atoms with Crippen molar-refractivity contribution in [1.29, 1.82) is 0 Å². The molecule has 29 heavy (non-hydrogen) atoms. The van der Waals surface area contributed by atoms with Gasteiger partial charge in [0.1, 0.15) is 18.6 Å². The molecule has 1 rings (SSSR count). The van der Waals surface area contributed by atoms with Crippen molar-refractivity contribution in [3.63, 3.8) is 0 Å². The summed E-state index contributed by atoms with van der Waals surface area (Å²) < 4.78 is 50.4. The maximum Gasteiger partial charge on any atom is 0.756 e. The summed E-state index contributed by atoms with van der Waals surface area (Å²) in [4.78, 5) is 19.4.